The number of amides is 2. The highest BCUT2D eigenvalue weighted by Crippen LogP contribution is 2.26. The predicted molar refractivity (Wildman–Crippen MR) is 91.0 cm³/mol. The second kappa shape index (κ2) is 7.63. The average molecular weight is 303 g/mol. The van der Waals surface area contributed by atoms with Crippen molar-refractivity contribution in [3.8, 4) is 0 Å². The van der Waals surface area contributed by atoms with Gasteiger partial charge < -0.3 is 10.2 Å². The second-order valence-electron chi connectivity index (χ2n) is 6.73. The Morgan fingerprint density at radius 3 is 2.41 bits per heavy atom. The number of carbonyl (C=O) groups is 1. The van der Waals surface area contributed by atoms with Crippen molar-refractivity contribution in [3.63, 3.8) is 0 Å². The van der Waals surface area contributed by atoms with Crippen LogP contribution in [0.5, 0.6) is 0 Å². The molecule has 0 aliphatic carbocycles. The highest BCUT2D eigenvalue weighted by molar-refractivity contribution is 5.73. The average Bonchev–Trinajstić information content (AvgIpc) is 2.50. The van der Waals surface area contributed by atoms with E-state index < -0.39 is 0 Å². The Morgan fingerprint density at radius 1 is 1.27 bits per heavy atom. The number of carbonyl (C=O) groups excluding carboxylic acids is 1. The third-order valence-corrected chi connectivity index (χ3v) is 4.57. The van der Waals surface area contributed by atoms with Crippen LogP contribution in [0, 0.1) is 12.8 Å². The number of rotatable bonds is 4. The highest BCUT2D eigenvalue weighted by Gasteiger charge is 2.25. The van der Waals surface area contributed by atoms with Gasteiger partial charge in [-0.1, -0.05) is 36.8 Å². The molecule has 1 aromatic rings. The number of benzene rings is 1. The van der Waals surface area contributed by atoms with Crippen molar-refractivity contribution in [1.29, 1.82) is 0 Å². The minimum Gasteiger partial charge on any atom is -0.336 e. The zero-order chi connectivity index (χ0) is 16.1. The molecule has 2 amide bonds. The van der Waals surface area contributed by atoms with Crippen molar-refractivity contribution in [2.24, 2.45) is 5.92 Å². The third-order valence-electron chi connectivity index (χ3n) is 4.57. The maximum atomic E-state index is 11.9. The van der Waals surface area contributed by atoms with E-state index in [1.165, 1.54) is 24.0 Å². The largest absolute Gasteiger partial charge is 0.336 e. The summed E-state index contributed by atoms with van der Waals surface area (Å²) in [6.07, 6.45) is 2.48. The molecule has 1 aliphatic rings. The van der Waals surface area contributed by atoms with Gasteiger partial charge in [-0.3, -0.25) is 4.90 Å². The zero-order valence-corrected chi connectivity index (χ0v) is 14.3. The van der Waals surface area contributed by atoms with E-state index in [2.05, 4.69) is 48.3 Å². The Kier molecular flexibility index (Phi) is 5.83. The van der Waals surface area contributed by atoms with Crippen molar-refractivity contribution in [1.82, 2.24) is 15.1 Å². The molecular weight excluding hydrogens is 274 g/mol. The molecule has 0 saturated carbocycles. The standard InChI is InChI=1S/C18H29N3O/c1-14-5-7-16(8-6-14)17(13-19-18(22)20(3)4)21-11-9-15(2)10-12-21/h5-8,15,17H,9-13H2,1-4H3,(H,19,22). The van der Waals surface area contributed by atoms with Crippen LogP contribution in [0.3, 0.4) is 0 Å². The summed E-state index contributed by atoms with van der Waals surface area (Å²) < 4.78 is 0. The smallest absolute Gasteiger partial charge is 0.316 e. The van der Waals surface area contributed by atoms with Gasteiger partial charge in [-0.25, -0.2) is 4.79 Å². The minimum atomic E-state index is -0.0255. The van der Waals surface area contributed by atoms with Crippen LogP contribution in [-0.2, 0) is 0 Å². The van der Waals surface area contributed by atoms with Crippen LogP contribution in [0.2, 0.25) is 0 Å². The maximum Gasteiger partial charge on any atom is 0.316 e. The van der Waals surface area contributed by atoms with E-state index >= 15 is 0 Å². The first-order valence-corrected chi connectivity index (χ1v) is 8.23. The Balaban J connectivity index is 2.09. The molecule has 22 heavy (non-hydrogen) atoms. The summed E-state index contributed by atoms with van der Waals surface area (Å²) in [5.41, 5.74) is 2.56. The van der Waals surface area contributed by atoms with Gasteiger partial charge in [0.05, 0.1) is 6.04 Å². The minimum absolute atomic E-state index is 0.0255. The summed E-state index contributed by atoms with van der Waals surface area (Å²) in [5, 5.41) is 3.05. The summed E-state index contributed by atoms with van der Waals surface area (Å²) in [4.78, 5) is 16.0. The Bertz CT molecular complexity index is 476. The lowest BCUT2D eigenvalue weighted by Gasteiger charge is -2.37. The van der Waals surface area contributed by atoms with Crippen molar-refractivity contribution >= 4 is 6.03 Å². The molecule has 4 heteroatoms. The summed E-state index contributed by atoms with van der Waals surface area (Å²) in [5.74, 6) is 0.811. The molecule has 1 saturated heterocycles. The first-order valence-electron chi connectivity index (χ1n) is 8.23. The Labute approximate surface area is 134 Å². The van der Waals surface area contributed by atoms with Gasteiger partial charge in [0.25, 0.3) is 0 Å². The lowest BCUT2D eigenvalue weighted by Crippen LogP contribution is -2.44. The van der Waals surface area contributed by atoms with E-state index in [9.17, 15) is 4.79 Å². The van der Waals surface area contributed by atoms with Crippen LogP contribution < -0.4 is 5.32 Å². The lowest BCUT2D eigenvalue weighted by molar-refractivity contribution is 0.134. The molecule has 4 nitrogen and oxygen atoms in total. The molecule has 1 heterocycles. The molecule has 122 valence electrons. The third kappa shape index (κ3) is 4.47. The molecule has 1 aromatic carbocycles. The molecule has 1 fully saturated rings. The topological polar surface area (TPSA) is 35.6 Å². The van der Waals surface area contributed by atoms with Crippen LogP contribution in [-0.4, -0.2) is 49.6 Å². The van der Waals surface area contributed by atoms with Crippen molar-refractivity contribution < 1.29 is 4.79 Å². The van der Waals surface area contributed by atoms with Crippen molar-refractivity contribution in [3.05, 3.63) is 35.4 Å². The van der Waals surface area contributed by atoms with Crippen LogP contribution in [0.15, 0.2) is 24.3 Å². The van der Waals surface area contributed by atoms with E-state index in [1.54, 1.807) is 19.0 Å². The molecule has 0 radical (unpaired) electrons. The molecule has 1 aliphatic heterocycles. The zero-order valence-electron chi connectivity index (χ0n) is 14.3. The Morgan fingerprint density at radius 2 is 1.86 bits per heavy atom. The maximum absolute atomic E-state index is 11.9. The number of nitrogens with zero attached hydrogens (tertiary/aromatic N) is 2. The molecular formula is C18H29N3O. The van der Waals surface area contributed by atoms with Gasteiger partial charge in [-0.05, 0) is 44.3 Å². The van der Waals surface area contributed by atoms with E-state index in [4.69, 9.17) is 0 Å². The quantitative estimate of drug-likeness (QED) is 0.928. The van der Waals surface area contributed by atoms with E-state index in [0.29, 0.717) is 6.54 Å². The molecule has 1 N–H and O–H groups in total. The molecule has 0 bridgehead atoms. The number of piperidine rings is 1. The highest BCUT2D eigenvalue weighted by atomic mass is 16.2. The SMILES string of the molecule is Cc1ccc(C(CNC(=O)N(C)C)N2CCC(C)CC2)cc1. The molecule has 0 spiro atoms. The number of likely N-dealkylation sites (tertiary alicyclic amines) is 1. The lowest BCUT2D eigenvalue weighted by atomic mass is 9.95. The predicted octanol–water partition coefficient (Wildman–Crippen LogP) is 3.04. The van der Waals surface area contributed by atoms with Gasteiger partial charge in [-0.15, -0.1) is 0 Å². The van der Waals surface area contributed by atoms with Crippen LogP contribution in [0.25, 0.3) is 0 Å². The van der Waals surface area contributed by atoms with Gasteiger partial charge >= 0.3 is 6.03 Å². The van der Waals surface area contributed by atoms with Gasteiger partial charge in [-0.2, -0.15) is 0 Å². The summed E-state index contributed by atoms with van der Waals surface area (Å²) in [6, 6.07) is 8.94. The van der Waals surface area contributed by atoms with Gasteiger partial charge in [0.2, 0.25) is 0 Å². The monoisotopic (exact) mass is 303 g/mol. The second-order valence-corrected chi connectivity index (χ2v) is 6.73. The molecule has 0 aromatic heterocycles. The van der Waals surface area contributed by atoms with E-state index in [-0.39, 0.29) is 12.1 Å². The first-order chi connectivity index (χ1) is 10.5. The van der Waals surface area contributed by atoms with Gasteiger partial charge in [0.15, 0.2) is 0 Å². The Hall–Kier alpha value is -1.55. The number of nitrogens with one attached hydrogen (secondary N) is 1. The van der Waals surface area contributed by atoms with E-state index in [1.807, 2.05) is 0 Å². The van der Waals surface area contributed by atoms with Crippen molar-refractivity contribution in [2.75, 3.05) is 33.7 Å². The normalized spacial score (nSPS) is 18.0. The molecule has 1 atom stereocenters. The molecule has 2 rings (SSSR count). The van der Waals surface area contributed by atoms with E-state index in [0.717, 1.165) is 19.0 Å². The number of hydrogen-bond acceptors (Lipinski definition) is 2. The van der Waals surface area contributed by atoms with Crippen LogP contribution in [0.4, 0.5) is 4.79 Å². The summed E-state index contributed by atoms with van der Waals surface area (Å²) in [7, 11) is 3.55. The van der Waals surface area contributed by atoms with Crippen LogP contribution in [0.1, 0.15) is 36.9 Å². The summed E-state index contributed by atoms with van der Waals surface area (Å²) >= 11 is 0. The van der Waals surface area contributed by atoms with Crippen LogP contribution >= 0.6 is 0 Å². The number of aryl methyl sites for hydroxylation is 1. The van der Waals surface area contributed by atoms with Gasteiger partial charge in [0.1, 0.15) is 0 Å². The first kappa shape index (κ1) is 16.8. The fraction of sp³-hybridized carbons (Fsp3) is 0.611. The van der Waals surface area contributed by atoms with Gasteiger partial charge in [0, 0.05) is 20.6 Å². The fourth-order valence-corrected chi connectivity index (χ4v) is 2.93. The van der Waals surface area contributed by atoms with Crippen molar-refractivity contribution in [2.45, 2.75) is 32.7 Å². The number of urea groups is 1. The fourth-order valence-electron chi connectivity index (χ4n) is 2.93. The number of hydrogen-bond donors (Lipinski definition) is 1. The summed E-state index contributed by atoms with van der Waals surface area (Å²) in [6.45, 7) is 7.31. The molecule has 1 unspecified atom stereocenters.